The molecule has 6 nitrogen and oxygen atoms in total. The maximum absolute atomic E-state index is 5.58. The molecule has 19 heavy (non-hydrogen) atoms. The van der Waals surface area contributed by atoms with E-state index in [-0.39, 0.29) is 5.41 Å². The normalized spacial score (nSPS) is 12.4. The highest BCUT2D eigenvalue weighted by Gasteiger charge is 2.23. The lowest BCUT2D eigenvalue weighted by Crippen LogP contribution is -2.16. The molecule has 0 unspecified atom stereocenters. The summed E-state index contributed by atoms with van der Waals surface area (Å²) in [6, 6.07) is 0. The minimum atomic E-state index is -0.0880. The summed E-state index contributed by atoms with van der Waals surface area (Å²) in [5.41, 5.74) is 6.35. The molecule has 0 saturated heterocycles. The van der Waals surface area contributed by atoms with Gasteiger partial charge in [0.05, 0.1) is 0 Å². The van der Waals surface area contributed by atoms with Gasteiger partial charge in [0.1, 0.15) is 10.7 Å². The molecule has 2 N–H and O–H groups in total. The minimum Gasteiger partial charge on any atom is -0.325 e. The number of aromatic nitrogens is 5. The van der Waals surface area contributed by atoms with Gasteiger partial charge >= 0.3 is 0 Å². The van der Waals surface area contributed by atoms with E-state index in [0.717, 1.165) is 26.5 Å². The summed E-state index contributed by atoms with van der Waals surface area (Å²) in [5.74, 6) is 0.860. The van der Waals surface area contributed by atoms with Crippen molar-refractivity contribution in [3.8, 4) is 10.7 Å². The van der Waals surface area contributed by atoms with E-state index >= 15 is 0 Å². The van der Waals surface area contributed by atoms with Gasteiger partial charge in [-0.3, -0.25) is 0 Å². The molecule has 0 aliphatic rings. The van der Waals surface area contributed by atoms with Crippen LogP contribution in [0.3, 0.4) is 0 Å². The Morgan fingerprint density at radius 1 is 1.32 bits per heavy atom. The van der Waals surface area contributed by atoms with Gasteiger partial charge in [-0.1, -0.05) is 32.1 Å². The average molecular weight is 294 g/mol. The highest BCUT2D eigenvalue weighted by Crippen LogP contribution is 2.29. The van der Waals surface area contributed by atoms with Gasteiger partial charge in [0.25, 0.3) is 0 Å². The molecule has 0 bridgehead atoms. The molecule has 0 aromatic carbocycles. The zero-order valence-corrected chi connectivity index (χ0v) is 12.5. The van der Waals surface area contributed by atoms with Gasteiger partial charge in [0.2, 0.25) is 4.96 Å². The molecule has 0 radical (unpaired) electrons. The molecule has 0 amide bonds. The molecular formula is C11H14N6S2. The number of hydrogen-bond acceptors (Lipinski definition) is 7. The number of nitrogens with zero attached hydrogens (tertiary/aromatic N) is 5. The molecule has 0 atom stereocenters. The van der Waals surface area contributed by atoms with Gasteiger partial charge < -0.3 is 5.73 Å². The van der Waals surface area contributed by atoms with Crippen LogP contribution in [0.1, 0.15) is 31.6 Å². The lowest BCUT2D eigenvalue weighted by molar-refractivity contribution is 0.528. The fourth-order valence-corrected chi connectivity index (χ4v) is 3.22. The summed E-state index contributed by atoms with van der Waals surface area (Å²) in [7, 11) is 0. The second-order valence-corrected chi connectivity index (χ2v) is 7.10. The molecule has 0 aliphatic heterocycles. The number of hydrogen-bond donors (Lipinski definition) is 1. The maximum atomic E-state index is 5.58. The predicted octanol–water partition coefficient (Wildman–Crippen LogP) is 2.07. The van der Waals surface area contributed by atoms with Gasteiger partial charge in [-0.15, -0.1) is 21.5 Å². The third-order valence-corrected chi connectivity index (χ3v) is 4.40. The molecule has 8 heteroatoms. The van der Waals surface area contributed by atoms with Crippen LogP contribution < -0.4 is 5.73 Å². The molecule has 3 rings (SSSR count). The lowest BCUT2D eigenvalue weighted by Gasteiger charge is -2.13. The van der Waals surface area contributed by atoms with Crippen molar-refractivity contribution in [2.24, 2.45) is 5.73 Å². The van der Waals surface area contributed by atoms with Crippen molar-refractivity contribution in [3.63, 3.8) is 0 Å². The highest BCUT2D eigenvalue weighted by molar-refractivity contribution is 7.20. The first kappa shape index (κ1) is 12.6. The number of nitrogens with two attached hydrogens (primary N) is 1. The topological polar surface area (TPSA) is 82.0 Å². The van der Waals surface area contributed by atoms with E-state index in [1.807, 2.05) is 9.90 Å². The van der Waals surface area contributed by atoms with E-state index in [1.54, 1.807) is 11.3 Å². The van der Waals surface area contributed by atoms with Gasteiger partial charge in [-0.05, 0) is 0 Å². The number of fused-ring (bicyclic) bond motifs is 1. The summed E-state index contributed by atoms with van der Waals surface area (Å²) < 4.78 is 1.81. The van der Waals surface area contributed by atoms with Crippen LogP contribution in [0.5, 0.6) is 0 Å². The molecule has 0 aliphatic carbocycles. The molecule has 100 valence electrons. The first-order valence-electron chi connectivity index (χ1n) is 5.86. The first-order chi connectivity index (χ1) is 8.99. The Labute approximate surface area is 118 Å². The number of thiazole rings is 1. The van der Waals surface area contributed by atoms with Crippen LogP contribution in [-0.2, 0) is 12.0 Å². The summed E-state index contributed by atoms with van der Waals surface area (Å²) >= 11 is 3.04. The molecule has 3 aromatic heterocycles. The average Bonchev–Trinajstić information content (AvgIpc) is 3.00. The summed E-state index contributed by atoms with van der Waals surface area (Å²) in [6.45, 7) is 6.75. The Kier molecular flexibility index (Phi) is 2.88. The largest absolute Gasteiger partial charge is 0.325 e. The van der Waals surface area contributed by atoms with Crippen LogP contribution in [0.25, 0.3) is 15.7 Å². The van der Waals surface area contributed by atoms with E-state index in [2.05, 4.69) is 41.1 Å². The third-order valence-electron chi connectivity index (χ3n) is 2.61. The van der Waals surface area contributed by atoms with Crippen LogP contribution in [0.4, 0.5) is 0 Å². The summed E-state index contributed by atoms with van der Waals surface area (Å²) in [5, 5.41) is 16.7. The Morgan fingerprint density at radius 2 is 2.11 bits per heavy atom. The van der Waals surface area contributed by atoms with Crippen molar-refractivity contribution in [2.45, 2.75) is 32.7 Å². The predicted molar refractivity (Wildman–Crippen MR) is 76.4 cm³/mol. The smallest absolute Gasteiger partial charge is 0.235 e. The second kappa shape index (κ2) is 4.32. The van der Waals surface area contributed by atoms with E-state index in [9.17, 15) is 0 Å². The highest BCUT2D eigenvalue weighted by atomic mass is 32.1. The lowest BCUT2D eigenvalue weighted by atomic mass is 9.96. The zero-order chi connectivity index (χ0) is 13.6. The Balaban J connectivity index is 2.09. The van der Waals surface area contributed by atoms with Gasteiger partial charge in [0.15, 0.2) is 10.8 Å². The van der Waals surface area contributed by atoms with Crippen molar-refractivity contribution >= 4 is 27.6 Å². The van der Waals surface area contributed by atoms with Crippen LogP contribution in [0, 0.1) is 0 Å². The van der Waals surface area contributed by atoms with Gasteiger partial charge in [-0.25, -0.2) is 4.98 Å². The van der Waals surface area contributed by atoms with Crippen molar-refractivity contribution in [1.82, 2.24) is 24.8 Å². The SMILES string of the molecule is CC(C)(C)c1nnc2sc(-c3csc(CN)n3)nn12. The van der Waals surface area contributed by atoms with Gasteiger partial charge in [0, 0.05) is 17.3 Å². The Hall–Kier alpha value is -1.38. The minimum absolute atomic E-state index is 0.0880. The Bertz CT molecular complexity index is 717. The molecule has 3 heterocycles. The molecular weight excluding hydrogens is 280 g/mol. The molecule has 0 fully saturated rings. The Morgan fingerprint density at radius 3 is 2.74 bits per heavy atom. The van der Waals surface area contributed by atoms with Crippen LogP contribution in [0.2, 0.25) is 0 Å². The standard InChI is InChI=1S/C11H14N6S2/c1-11(2,3)9-14-15-10-17(9)16-8(19-10)6-5-18-7(4-12)13-6/h5H,4,12H2,1-3H3. The molecule has 0 saturated carbocycles. The van der Waals surface area contributed by atoms with Crippen molar-refractivity contribution in [1.29, 1.82) is 0 Å². The third kappa shape index (κ3) is 2.15. The van der Waals surface area contributed by atoms with Crippen molar-refractivity contribution < 1.29 is 0 Å². The zero-order valence-electron chi connectivity index (χ0n) is 10.9. The first-order valence-corrected chi connectivity index (χ1v) is 7.56. The quantitative estimate of drug-likeness (QED) is 0.782. The summed E-state index contributed by atoms with van der Waals surface area (Å²) in [4.78, 5) is 5.24. The van der Waals surface area contributed by atoms with Gasteiger partial charge in [-0.2, -0.15) is 9.61 Å². The fraction of sp³-hybridized carbons (Fsp3) is 0.455. The monoisotopic (exact) mass is 294 g/mol. The summed E-state index contributed by atoms with van der Waals surface area (Å²) in [6.07, 6.45) is 0. The van der Waals surface area contributed by atoms with Crippen LogP contribution in [0.15, 0.2) is 5.38 Å². The van der Waals surface area contributed by atoms with Crippen LogP contribution >= 0.6 is 22.7 Å². The van der Waals surface area contributed by atoms with E-state index in [0.29, 0.717) is 6.54 Å². The molecule has 3 aromatic rings. The van der Waals surface area contributed by atoms with E-state index in [4.69, 9.17) is 5.73 Å². The maximum Gasteiger partial charge on any atom is 0.235 e. The van der Waals surface area contributed by atoms with E-state index < -0.39 is 0 Å². The molecule has 0 spiro atoms. The van der Waals surface area contributed by atoms with Crippen molar-refractivity contribution in [3.05, 3.63) is 16.2 Å². The second-order valence-electron chi connectivity index (χ2n) is 5.21. The fourth-order valence-electron chi connectivity index (χ4n) is 1.69. The van der Waals surface area contributed by atoms with Crippen molar-refractivity contribution in [2.75, 3.05) is 0 Å². The van der Waals surface area contributed by atoms with Crippen LogP contribution in [-0.4, -0.2) is 24.8 Å². The van der Waals surface area contributed by atoms with E-state index in [1.165, 1.54) is 11.3 Å². The number of rotatable bonds is 2.